The topological polar surface area (TPSA) is 111 Å². The molecule has 128 valence electrons. The number of benzene rings is 1. The van der Waals surface area contributed by atoms with E-state index in [1.165, 1.54) is 12.1 Å². The monoisotopic (exact) mass is 349 g/mol. The van der Waals surface area contributed by atoms with E-state index in [0.717, 1.165) is 18.4 Å². The van der Waals surface area contributed by atoms with Crippen LogP contribution in [-0.4, -0.2) is 25.4 Å². The van der Waals surface area contributed by atoms with Gasteiger partial charge in [0.05, 0.1) is 6.10 Å². The fraction of sp³-hybridized carbons (Fsp3) is 0.250. The van der Waals surface area contributed by atoms with Crippen LogP contribution in [0.2, 0.25) is 0 Å². The third kappa shape index (κ3) is 4.77. The van der Waals surface area contributed by atoms with Crippen molar-refractivity contribution in [2.24, 2.45) is 5.14 Å². The molecule has 0 fully saturated rings. The standard InChI is InChI=1S/C16H19N3O4S/c1-3-11(2)23-13-6-4-12(5-7-13)19-16(20)15-9-8-14(10-18-15)24(17,21)22/h4-11H,3H2,1-2H3,(H,19,20)(H2,17,21,22)/t11-/m0/s1. The minimum Gasteiger partial charge on any atom is -0.491 e. The van der Waals surface area contributed by atoms with Crippen molar-refractivity contribution in [3.63, 3.8) is 0 Å². The Morgan fingerprint density at radius 3 is 2.42 bits per heavy atom. The second kappa shape index (κ2) is 7.41. The van der Waals surface area contributed by atoms with Gasteiger partial charge in [0.1, 0.15) is 16.3 Å². The lowest BCUT2D eigenvalue weighted by molar-refractivity contribution is 0.102. The highest BCUT2D eigenvalue weighted by Gasteiger charge is 2.12. The van der Waals surface area contributed by atoms with E-state index >= 15 is 0 Å². The normalized spacial score (nSPS) is 12.5. The third-order valence-electron chi connectivity index (χ3n) is 3.32. The Kier molecular flexibility index (Phi) is 5.53. The Morgan fingerprint density at radius 1 is 1.25 bits per heavy atom. The summed E-state index contributed by atoms with van der Waals surface area (Å²) in [5.41, 5.74) is 0.663. The molecule has 0 aliphatic heterocycles. The molecule has 0 saturated carbocycles. The van der Waals surface area contributed by atoms with Gasteiger partial charge in [0.2, 0.25) is 10.0 Å². The van der Waals surface area contributed by atoms with Crippen LogP contribution in [0.1, 0.15) is 30.8 Å². The zero-order valence-corrected chi connectivity index (χ0v) is 14.2. The molecule has 0 spiro atoms. The van der Waals surface area contributed by atoms with E-state index in [0.29, 0.717) is 5.69 Å². The first-order valence-corrected chi connectivity index (χ1v) is 8.91. The number of nitrogens with one attached hydrogen (secondary N) is 1. The molecule has 0 radical (unpaired) electrons. The number of carbonyl (C=O) groups excluding carboxylic acids is 1. The Labute approximate surface area is 140 Å². The van der Waals surface area contributed by atoms with Crippen molar-refractivity contribution in [3.8, 4) is 5.75 Å². The van der Waals surface area contributed by atoms with Crippen LogP contribution in [0.25, 0.3) is 0 Å². The molecule has 24 heavy (non-hydrogen) atoms. The second-order valence-electron chi connectivity index (χ2n) is 5.24. The van der Waals surface area contributed by atoms with E-state index < -0.39 is 15.9 Å². The minimum atomic E-state index is -3.83. The van der Waals surface area contributed by atoms with Crippen molar-refractivity contribution in [2.75, 3.05) is 5.32 Å². The van der Waals surface area contributed by atoms with E-state index in [-0.39, 0.29) is 16.7 Å². The molecule has 0 unspecified atom stereocenters. The fourth-order valence-electron chi connectivity index (χ4n) is 1.81. The van der Waals surface area contributed by atoms with Crippen LogP contribution in [0, 0.1) is 0 Å². The number of primary sulfonamides is 1. The van der Waals surface area contributed by atoms with Gasteiger partial charge in [-0.1, -0.05) is 6.92 Å². The number of sulfonamides is 1. The Morgan fingerprint density at radius 2 is 1.92 bits per heavy atom. The average molecular weight is 349 g/mol. The summed E-state index contributed by atoms with van der Waals surface area (Å²) in [6.07, 6.45) is 2.07. The van der Waals surface area contributed by atoms with Crippen LogP contribution in [0.5, 0.6) is 5.75 Å². The van der Waals surface area contributed by atoms with Gasteiger partial charge in [-0.25, -0.2) is 18.5 Å². The van der Waals surface area contributed by atoms with E-state index in [1.807, 2.05) is 13.8 Å². The van der Waals surface area contributed by atoms with Crippen molar-refractivity contribution in [2.45, 2.75) is 31.3 Å². The maximum absolute atomic E-state index is 12.1. The lowest BCUT2D eigenvalue weighted by Gasteiger charge is -2.13. The average Bonchev–Trinajstić information content (AvgIpc) is 2.55. The van der Waals surface area contributed by atoms with Crippen LogP contribution in [0.4, 0.5) is 5.69 Å². The number of amides is 1. The molecule has 1 aromatic carbocycles. The van der Waals surface area contributed by atoms with Crippen molar-refractivity contribution in [1.82, 2.24) is 4.98 Å². The number of nitrogens with two attached hydrogens (primary N) is 1. The highest BCUT2D eigenvalue weighted by Crippen LogP contribution is 2.18. The van der Waals surface area contributed by atoms with Crippen LogP contribution >= 0.6 is 0 Å². The highest BCUT2D eigenvalue weighted by atomic mass is 32.2. The fourth-order valence-corrected chi connectivity index (χ4v) is 2.27. The summed E-state index contributed by atoms with van der Waals surface area (Å²) in [7, 11) is -3.83. The van der Waals surface area contributed by atoms with Crippen molar-refractivity contribution in [3.05, 3.63) is 48.3 Å². The zero-order chi connectivity index (χ0) is 17.7. The Balaban J connectivity index is 2.04. The quantitative estimate of drug-likeness (QED) is 0.830. The number of hydrogen-bond acceptors (Lipinski definition) is 5. The summed E-state index contributed by atoms with van der Waals surface area (Å²) in [6.45, 7) is 4.01. The first-order valence-electron chi connectivity index (χ1n) is 7.36. The van der Waals surface area contributed by atoms with Crippen molar-refractivity contribution >= 4 is 21.6 Å². The first kappa shape index (κ1) is 17.9. The Hall–Kier alpha value is -2.45. The van der Waals surface area contributed by atoms with Gasteiger partial charge in [0.15, 0.2) is 0 Å². The molecular weight excluding hydrogens is 330 g/mol. The van der Waals surface area contributed by atoms with Gasteiger partial charge >= 0.3 is 0 Å². The van der Waals surface area contributed by atoms with Crippen molar-refractivity contribution < 1.29 is 17.9 Å². The molecule has 1 heterocycles. The zero-order valence-electron chi connectivity index (χ0n) is 13.4. The van der Waals surface area contributed by atoms with E-state index in [2.05, 4.69) is 10.3 Å². The second-order valence-corrected chi connectivity index (χ2v) is 6.80. The number of aromatic nitrogens is 1. The first-order chi connectivity index (χ1) is 11.3. The number of anilines is 1. The summed E-state index contributed by atoms with van der Waals surface area (Å²) >= 11 is 0. The number of pyridine rings is 1. The van der Waals surface area contributed by atoms with Gasteiger partial charge in [-0.2, -0.15) is 0 Å². The van der Waals surface area contributed by atoms with Crippen LogP contribution in [-0.2, 0) is 10.0 Å². The lowest BCUT2D eigenvalue weighted by atomic mass is 10.2. The molecule has 8 heteroatoms. The van der Waals surface area contributed by atoms with Gasteiger partial charge in [-0.05, 0) is 49.7 Å². The smallest absolute Gasteiger partial charge is 0.274 e. The molecule has 0 bridgehead atoms. The molecule has 3 N–H and O–H groups in total. The molecule has 0 aliphatic carbocycles. The predicted octanol–water partition coefficient (Wildman–Crippen LogP) is 2.16. The summed E-state index contributed by atoms with van der Waals surface area (Å²) in [4.78, 5) is 15.8. The van der Waals surface area contributed by atoms with Crippen LogP contribution in [0.3, 0.4) is 0 Å². The number of hydrogen-bond donors (Lipinski definition) is 2. The molecule has 1 atom stereocenters. The van der Waals surface area contributed by atoms with Gasteiger partial charge in [0.25, 0.3) is 5.91 Å². The largest absolute Gasteiger partial charge is 0.491 e. The van der Waals surface area contributed by atoms with Crippen LogP contribution < -0.4 is 15.2 Å². The van der Waals surface area contributed by atoms with Crippen molar-refractivity contribution in [1.29, 1.82) is 0 Å². The van der Waals surface area contributed by atoms with E-state index in [9.17, 15) is 13.2 Å². The molecule has 0 saturated heterocycles. The van der Waals surface area contributed by atoms with E-state index in [4.69, 9.17) is 9.88 Å². The maximum Gasteiger partial charge on any atom is 0.274 e. The molecule has 2 rings (SSSR count). The molecule has 1 amide bonds. The maximum atomic E-state index is 12.1. The molecule has 1 aromatic heterocycles. The molecule has 2 aromatic rings. The molecule has 7 nitrogen and oxygen atoms in total. The SMILES string of the molecule is CC[C@H](C)Oc1ccc(NC(=O)c2ccc(S(N)(=O)=O)cn2)cc1. The number of carbonyl (C=O) groups is 1. The predicted molar refractivity (Wildman–Crippen MR) is 90.4 cm³/mol. The Bertz CT molecular complexity index is 802. The third-order valence-corrected chi connectivity index (χ3v) is 4.22. The summed E-state index contributed by atoms with van der Waals surface area (Å²) in [5.74, 6) is 0.268. The summed E-state index contributed by atoms with van der Waals surface area (Å²) < 4.78 is 28.0. The lowest BCUT2D eigenvalue weighted by Crippen LogP contribution is -2.16. The summed E-state index contributed by atoms with van der Waals surface area (Å²) in [6, 6.07) is 9.50. The van der Waals surface area contributed by atoms with E-state index in [1.54, 1.807) is 24.3 Å². The van der Waals surface area contributed by atoms with Gasteiger partial charge < -0.3 is 10.1 Å². The number of nitrogens with zero attached hydrogens (tertiary/aromatic N) is 1. The van der Waals surface area contributed by atoms with Crippen LogP contribution in [0.15, 0.2) is 47.5 Å². The minimum absolute atomic E-state index is 0.0855. The van der Waals surface area contributed by atoms with Gasteiger partial charge in [0, 0.05) is 11.9 Å². The number of rotatable bonds is 6. The van der Waals surface area contributed by atoms with Gasteiger partial charge in [-0.15, -0.1) is 0 Å². The highest BCUT2D eigenvalue weighted by molar-refractivity contribution is 7.89. The molecular formula is C16H19N3O4S. The van der Waals surface area contributed by atoms with Gasteiger partial charge in [-0.3, -0.25) is 4.79 Å². The number of ether oxygens (including phenoxy) is 1. The summed E-state index contributed by atoms with van der Waals surface area (Å²) in [5, 5.41) is 7.66. The molecule has 0 aliphatic rings.